The van der Waals surface area contributed by atoms with Gasteiger partial charge in [-0.25, -0.2) is 9.37 Å². The zero-order chi connectivity index (χ0) is 22.2. The summed E-state index contributed by atoms with van der Waals surface area (Å²) >= 11 is 0. The predicted octanol–water partition coefficient (Wildman–Crippen LogP) is 4.06. The van der Waals surface area contributed by atoms with Crippen LogP contribution in [-0.4, -0.2) is 42.5 Å². The van der Waals surface area contributed by atoms with Gasteiger partial charge in [0.2, 0.25) is 5.89 Å². The minimum Gasteiger partial charge on any atom is -0.444 e. The lowest BCUT2D eigenvalue weighted by molar-refractivity contribution is 0.176. The summed E-state index contributed by atoms with van der Waals surface area (Å²) in [6.45, 7) is 4.04. The summed E-state index contributed by atoms with van der Waals surface area (Å²) in [5.74, 6) is 1.83. The van der Waals surface area contributed by atoms with E-state index in [1.54, 1.807) is 19.4 Å². The summed E-state index contributed by atoms with van der Waals surface area (Å²) in [6.07, 6.45) is 3.85. The van der Waals surface area contributed by atoms with Crippen molar-refractivity contribution in [2.75, 3.05) is 26.7 Å². The summed E-state index contributed by atoms with van der Waals surface area (Å²) in [5.41, 5.74) is 2.56. The van der Waals surface area contributed by atoms with E-state index in [1.807, 2.05) is 42.5 Å². The largest absolute Gasteiger partial charge is 0.444 e. The van der Waals surface area contributed by atoms with E-state index in [0.717, 1.165) is 55.3 Å². The fourth-order valence-electron chi connectivity index (χ4n) is 3.95. The second kappa shape index (κ2) is 10.9. The third-order valence-electron chi connectivity index (χ3n) is 5.85. The molecule has 0 bridgehead atoms. The van der Waals surface area contributed by atoms with Gasteiger partial charge in [-0.2, -0.15) is 0 Å². The van der Waals surface area contributed by atoms with E-state index in [4.69, 9.17) is 4.42 Å². The first-order chi connectivity index (χ1) is 15.7. The lowest BCUT2D eigenvalue weighted by Gasteiger charge is -2.32. The van der Waals surface area contributed by atoms with Crippen LogP contribution in [0.15, 0.2) is 70.3 Å². The number of aliphatic imine (C=N–C) groups is 1. The van der Waals surface area contributed by atoms with Gasteiger partial charge in [0.15, 0.2) is 5.96 Å². The first kappa shape index (κ1) is 22.0. The molecule has 0 aliphatic carbocycles. The number of benzene rings is 2. The second-order valence-electron chi connectivity index (χ2n) is 8.13. The normalized spacial score (nSPS) is 15.6. The standard InChI is InChI=1S/C25H30FN5O/c1-27-25(29-16-22-18-32-24(30-22)20-7-3-2-4-8-20)28-15-19-11-13-31(14-12-19)17-21-9-5-6-10-23(21)26/h2-10,18-19H,11-17H2,1H3,(H2,27,28,29). The Balaban J connectivity index is 1.19. The maximum atomic E-state index is 13.9. The molecule has 1 aliphatic heterocycles. The van der Waals surface area contributed by atoms with Crippen molar-refractivity contribution in [3.63, 3.8) is 0 Å². The molecule has 6 nitrogen and oxygen atoms in total. The molecule has 2 heterocycles. The van der Waals surface area contributed by atoms with Crippen LogP contribution in [0.5, 0.6) is 0 Å². The molecular formula is C25H30FN5O. The number of hydrogen-bond donors (Lipinski definition) is 2. The molecule has 0 radical (unpaired) electrons. The lowest BCUT2D eigenvalue weighted by atomic mass is 9.96. The lowest BCUT2D eigenvalue weighted by Crippen LogP contribution is -2.42. The molecule has 7 heteroatoms. The van der Waals surface area contributed by atoms with Crippen LogP contribution in [0.1, 0.15) is 24.1 Å². The van der Waals surface area contributed by atoms with Crippen LogP contribution >= 0.6 is 0 Å². The number of nitrogens with one attached hydrogen (secondary N) is 2. The van der Waals surface area contributed by atoms with Gasteiger partial charge in [0.05, 0.1) is 12.2 Å². The molecular weight excluding hydrogens is 405 g/mol. The maximum absolute atomic E-state index is 13.9. The number of guanidine groups is 1. The molecule has 3 aromatic rings. The number of nitrogens with zero attached hydrogens (tertiary/aromatic N) is 3. The minimum atomic E-state index is -0.117. The first-order valence-corrected chi connectivity index (χ1v) is 11.1. The Kier molecular flexibility index (Phi) is 7.51. The van der Waals surface area contributed by atoms with Crippen LogP contribution in [0.4, 0.5) is 4.39 Å². The van der Waals surface area contributed by atoms with Crippen molar-refractivity contribution >= 4 is 5.96 Å². The summed E-state index contributed by atoms with van der Waals surface area (Å²) < 4.78 is 19.5. The van der Waals surface area contributed by atoms with Crippen LogP contribution in [0, 0.1) is 11.7 Å². The van der Waals surface area contributed by atoms with Crippen molar-refractivity contribution in [3.05, 3.63) is 77.9 Å². The Morgan fingerprint density at radius 3 is 2.59 bits per heavy atom. The first-order valence-electron chi connectivity index (χ1n) is 11.1. The summed E-state index contributed by atoms with van der Waals surface area (Å²) in [6, 6.07) is 16.9. The average Bonchev–Trinajstić information content (AvgIpc) is 3.31. The Bertz CT molecular complexity index is 1010. The van der Waals surface area contributed by atoms with E-state index >= 15 is 0 Å². The molecule has 0 atom stereocenters. The van der Waals surface area contributed by atoms with Gasteiger partial charge in [-0.1, -0.05) is 36.4 Å². The Morgan fingerprint density at radius 2 is 1.84 bits per heavy atom. The smallest absolute Gasteiger partial charge is 0.226 e. The third-order valence-corrected chi connectivity index (χ3v) is 5.85. The molecule has 0 saturated carbocycles. The molecule has 32 heavy (non-hydrogen) atoms. The van der Waals surface area contributed by atoms with Gasteiger partial charge in [0.25, 0.3) is 0 Å². The Hall–Kier alpha value is -3.19. The van der Waals surface area contributed by atoms with Gasteiger partial charge in [0, 0.05) is 31.3 Å². The summed E-state index contributed by atoms with van der Waals surface area (Å²) in [5, 5.41) is 6.73. The molecule has 168 valence electrons. The van der Waals surface area contributed by atoms with E-state index < -0.39 is 0 Å². The van der Waals surface area contributed by atoms with Crippen LogP contribution in [0.2, 0.25) is 0 Å². The number of halogens is 1. The highest BCUT2D eigenvalue weighted by atomic mass is 19.1. The maximum Gasteiger partial charge on any atom is 0.226 e. The van der Waals surface area contributed by atoms with Crippen LogP contribution < -0.4 is 10.6 Å². The second-order valence-corrected chi connectivity index (χ2v) is 8.13. The van der Waals surface area contributed by atoms with Gasteiger partial charge in [-0.05, 0) is 50.0 Å². The SMILES string of the molecule is CN=C(NCc1coc(-c2ccccc2)n1)NCC1CCN(Cc2ccccc2F)CC1. The van der Waals surface area contributed by atoms with E-state index in [-0.39, 0.29) is 5.82 Å². The highest BCUT2D eigenvalue weighted by Gasteiger charge is 2.20. The number of hydrogen-bond acceptors (Lipinski definition) is 4. The van der Waals surface area contributed by atoms with Crippen LogP contribution in [0.3, 0.4) is 0 Å². The third kappa shape index (κ3) is 5.95. The van der Waals surface area contributed by atoms with Gasteiger partial charge < -0.3 is 15.1 Å². The molecule has 0 amide bonds. The minimum absolute atomic E-state index is 0.117. The topological polar surface area (TPSA) is 65.7 Å². The number of oxazole rings is 1. The summed E-state index contributed by atoms with van der Waals surface area (Å²) in [7, 11) is 1.77. The molecule has 1 saturated heterocycles. The van der Waals surface area contributed by atoms with Gasteiger partial charge in [-0.15, -0.1) is 0 Å². The van der Waals surface area contributed by atoms with E-state index in [2.05, 4.69) is 25.5 Å². The molecule has 2 aromatic carbocycles. The van der Waals surface area contributed by atoms with Crippen molar-refractivity contribution < 1.29 is 8.81 Å². The number of piperidine rings is 1. The van der Waals surface area contributed by atoms with E-state index in [9.17, 15) is 4.39 Å². The highest BCUT2D eigenvalue weighted by Crippen LogP contribution is 2.20. The van der Waals surface area contributed by atoms with Gasteiger partial charge in [0.1, 0.15) is 12.1 Å². The van der Waals surface area contributed by atoms with Crippen molar-refractivity contribution in [2.45, 2.75) is 25.9 Å². The number of likely N-dealkylation sites (tertiary alicyclic amines) is 1. The molecule has 1 aromatic heterocycles. The fraction of sp³-hybridized carbons (Fsp3) is 0.360. The van der Waals surface area contributed by atoms with E-state index in [0.29, 0.717) is 24.9 Å². The van der Waals surface area contributed by atoms with Crippen molar-refractivity contribution in [1.82, 2.24) is 20.5 Å². The van der Waals surface area contributed by atoms with E-state index in [1.165, 1.54) is 6.07 Å². The molecule has 1 aliphatic rings. The zero-order valence-corrected chi connectivity index (χ0v) is 18.4. The zero-order valence-electron chi connectivity index (χ0n) is 18.4. The summed E-state index contributed by atoms with van der Waals surface area (Å²) in [4.78, 5) is 11.2. The van der Waals surface area contributed by atoms with Gasteiger partial charge >= 0.3 is 0 Å². The fourth-order valence-corrected chi connectivity index (χ4v) is 3.95. The quantitative estimate of drug-likeness (QED) is 0.433. The van der Waals surface area contributed by atoms with Crippen LogP contribution in [0.25, 0.3) is 11.5 Å². The number of aromatic nitrogens is 1. The van der Waals surface area contributed by atoms with Crippen molar-refractivity contribution in [1.29, 1.82) is 0 Å². The monoisotopic (exact) mass is 435 g/mol. The molecule has 2 N–H and O–H groups in total. The molecule has 1 fully saturated rings. The molecule has 0 unspecified atom stereocenters. The molecule has 4 rings (SSSR count). The number of rotatable bonds is 7. The Labute approximate surface area is 188 Å². The average molecular weight is 436 g/mol. The highest BCUT2D eigenvalue weighted by molar-refractivity contribution is 5.79. The predicted molar refractivity (Wildman–Crippen MR) is 125 cm³/mol. The molecule has 0 spiro atoms. The van der Waals surface area contributed by atoms with Gasteiger partial charge in [-0.3, -0.25) is 9.89 Å². The van der Waals surface area contributed by atoms with Crippen molar-refractivity contribution in [2.24, 2.45) is 10.9 Å². The Morgan fingerprint density at radius 1 is 1.09 bits per heavy atom. The van der Waals surface area contributed by atoms with Crippen molar-refractivity contribution in [3.8, 4) is 11.5 Å². The van der Waals surface area contributed by atoms with Crippen LogP contribution in [-0.2, 0) is 13.1 Å².